The highest BCUT2D eigenvalue weighted by molar-refractivity contribution is 6.06. The highest BCUT2D eigenvalue weighted by atomic mass is 16.4. The molecule has 0 bridgehead atoms. The molecular weight excluding hydrogens is 416 g/mol. The van der Waals surface area contributed by atoms with Gasteiger partial charge in [-0.25, -0.2) is 0 Å². The molecule has 1 amide bonds. The summed E-state index contributed by atoms with van der Waals surface area (Å²) in [5.41, 5.74) is 2.09. The molecule has 6 nitrogen and oxygen atoms in total. The molecule has 0 saturated heterocycles. The van der Waals surface area contributed by atoms with E-state index in [0.29, 0.717) is 11.1 Å². The molecule has 2 unspecified atom stereocenters. The number of unbranched alkanes of at least 4 members (excludes halogenated alkanes) is 3. The average Bonchev–Trinajstić information content (AvgIpc) is 2.83. The molecular formula is C27H36N2O4. The van der Waals surface area contributed by atoms with Crippen molar-refractivity contribution >= 4 is 17.6 Å². The van der Waals surface area contributed by atoms with Crippen LogP contribution >= 0.6 is 0 Å². The zero-order valence-corrected chi connectivity index (χ0v) is 19.8. The molecule has 2 aromatic rings. The number of carbonyl (C=O) groups excluding carboxylic acids is 1. The van der Waals surface area contributed by atoms with E-state index in [1.165, 1.54) is 12.8 Å². The lowest BCUT2D eigenvalue weighted by molar-refractivity contribution is -0.137. The topological polar surface area (TPSA) is 87.0 Å². The Balaban J connectivity index is 2.34. The summed E-state index contributed by atoms with van der Waals surface area (Å²) < 4.78 is 0. The molecule has 1 N–H and O–H groups in total. The minimum absolute atomic E-state index is 0.0340. The van der Waals surface area contributed by atoms with Crippen molar-refractivity contribution in [3.63, 3.8) is 0 Å². The van der Waals surface area contributed by atoms with E-state index in [-0.39, 0.29) is 24.8 Å². The number of aliphatic carboxylic acids is 1. The van der Waals surface area contributed by atoms with Crippen LogP contribution in [-0.4, -0.2) is 23.0 Å². The summed E-state index contributed by atoms with van der Waals surface area (Å²) in [7, 11) is 0. The Bertz CT molecular complexity index is 867. The monoisotopic (exact) mass is 452 g/mol. The molecule has 0 saturated carbocycles. The maximum Gasteiger partial charge on any atom is 0.303 e. The zero-order valence-electron chi connectivity index (χ0n) is 19.8. The average molecular weight is 453 g/mol. The zero-order chi connectivity index (χ0) is 24.1. The molecule has 0 aliphatic carbocycles. The number of nitroso groups, excluding NO2 is 1. The van der Waals surface area contributed by atoms with Crippen molar-refractivity contribution in [1.29, 1.82) is 0 Å². The summed E-state index contributed by atoms with van der Waals surface area (Å²) >= 11 is 0. The third-order valence-electron chi connectivity index (χ3n) is 5.93. The summed E-state index contributed by atoms with van der Waals surface area (Å²) in [6.07, 6.45) is 7.43. The lowest BCUT2D eigenvalue weighted by Gasteiger charge is -2.32. The fraction of sp³-hybridized carbons (Fsp3) is 0.481. The second-order valence-electron chi connectivity index (χ2n) is 8.48. The third-order valence-corrected chi connectivity index (χ3v) is 5.93. The van der Waals surface area contributed by atoms with E-state index >= 15 is 0 Å². The van der Waals surface area contributed by atoms with Gasteiger partial charge in [0, 0.05) is 23.7 Å². The fourth-order valence-electron chi connectivity index (χ4n) is 4.15. The van der Waals surface area contributed by atoms with E-state index in [9.17, 15) is 14.5 Å². The van der Waals surface area contributed by atoms with Crippen LogP contribution in [0.4, 0.5) is 5.69 Å². The van der Waals surface area contributed by atoms with Crippen LogP contribution in [-0.2, 0) is 4.79 Å². The van der Waals surface area contributed by atoms with Gasteiger partial charge in [-0.1, -0.05) is 81.5 Å². The van der Waals surface area contributed by atoms with E-state index in [0.717, 1.165) is 37.8 Å². The van der Waals surface area contributed by atoms with Gasteiger partial charge in [-0.05, 0) is 49.1 Å². The Kier molecular flexibility index (Phi) is 11.3. The molecule has 0 aliphatic heterocycles. The first-order chi connectivity index (χ1) is 16.0. The molecule has 0 fully saturated rings. The number of benzene rings is 2. The lowest BCUT2D eigenvalue weighted by atomic mass is 9.98. The van der Waals surface area contributed by atoms with Gasteiger partial charge < -0.3 is 10.0 Å². The SMILES string of the molecule is CCCCCCC(CCC)N(C(=O)c1ccccc1)c1ccc(C(CCC(=O)O)N=O)cc1. The quantitative estimate of drug-likeness (QED) is 0.230. The van der Waals surface area contributed by atoms with E-state index in [1.807, 2.05) is 47.4 Å². The molecule has 2 rings (SSSR count). The Morgan fingerprint density at radius 2 is 1.58 bits per heavy atom. The largest absolute Gasteiger partial charge is 0.481 e. The van der Waals surface area contributed by atoms with Crippen LogP contribution < -0.4 is 4.90 Å². The van der Waals surface area contributed by atoms with Crippen LogP contribution in [0.2, 0.25) is 0 Å². The predicted octanol–water partition coefficient (Wildman–Crippen LogP) is 7.14. The Hall–Kier alpha value is -3.02. The first-order valence-electron chi connectivity index (χ1n) is 12.0. The van der Waals surface area contributed by atoms with Gasteiger partial charge in [0.1, 0.15) is 6.04 Å². The molecule has 0 radical (unpaired) electrons. The number of hydrogen-bond donors (Lipinski definition) is 1. The van der Waals surface area contributed by atoms with Crippen LogP contribution in [0, 0.1) is 4.91 Å². The van der Waals surface area contributed by atoms with Crippen LogP contribution in [0.3, 0.4) is 0 Å². The molecule has 178 valence electrons. The number of rotatable bonds is 15. The first kappa shape index (κ1) is 26.2. The van der Waals surface area contributed by atoms with Crippen molar-refractivity contribution in [3.8, 4) is 0 Å². The number of nitrogens with zero attached hydrogens (tertiary/aromatic N) is 2. The Labute approximate surface area is 197 Å². The van der Waals surface area contributed by atoms with Crippen LogP contribution in [0.1, 0.15) is 93.6 Å². The molecule has 33 heavy (non-hydrogen) atoms. The van der Waals surface area contributed by atoms with Crippen molar-refractivity contribution in [2.45, 2.75) is 83.7 Å². The fourth-order valence-corrected chi connectivity index (χ4v) is 4.15. The van der Waals surface area contributed by atoms with Gasteiger partial charge in [-0.2, -0.15) is 4.91 Å². The highest BCUT2D eigenvalue weighted by Crippen LogP contribution is 2.29. The van der Waals surface area contributed by atoms with Crippen molar-refractivity contribution in [3.05, 3.63) is 70.6 Å². The van der Waals surface area contributed by atoms with E-state index < -0.39 is 12.0 Å². The van der Waals surface area contributed by atoms with Crippen LogP contribution in [0.15, 0.2) is 59.8 Å². The van der Waals surface area contributed by atoms with Gasteiger partial charge in [-0.15, -0.1) is 0 Å². The molecule has 0 aliphatic rings. The lowest BCUT2D eigenvalue weighted by Crippen LogP contribution is -2.40. The molecule has 0 aromatic heterocycles. The van der Waals surface area contributed by atoms with Gasteiger partial charge in [0.2, 0.25) is 0 Å². The second-order valence-corrected chi connectivity index (χ2v) is 8.48. The maximum atomic E-state index is 13.6. The van der Waals surface area contributed by atoms with E-state index in [2.05, 4.69) is 19.0 Å². The standard InChI is InChI=1S/C27H36N2O4/c1-3-5-6-10-14-23(11-4-2)29(27(32)22-12-8-7-9-13-22)24-17-15-21(16-18-24)25(28-33)19-20-26(30)31/h7-9,12-13,15-18,23,25H,3-6,10-11,14,19-20H2,1-2H3,(H,30,31). The van der Waals surface area contributed by atoms with Crippen molar-refractivity contribution < 1.29 is 14.7 Å². The molecule has 0 spiro atoms. The molecule has 2 atom stereocenters. The van der Waals surface area contributed by atoms with Crippen LogP contribution in [0.25, 0.3) is 0 Å². The minimum Gasteiger partial charge on any atom is -0.481 e. The van der Waals surface area contributed by atoms with Gasteiger partial charge in [-0.3, -0.25) is 9.59 Å². The van der Waals surface area contributed by atoms with Crippen LogP contribution in [0.5, 0.6) is 0 Å². The summed E-state index contributed by atoms with van der Waals surface area (Å²) in [6, 6.07) is 15.9. The van der Waals surface area contributed by atoms with Crippen molar-refractivity contribution in [1.82, 2.24) is 0 Å². The highest BCUT2D eigenvalue weighted by Gasteiger charge is 2.26. The predicted molar refractivity (Wildman–Crippen MR) is 133 cm³/mol. The maximum absolute atomic E-state index is 13.6. The van der Waals surface area contributed by atoms with Crippen molar-refractivity contribution in [2.24, 2.45) is 5.18 Å². The number of hydrogen-bond acceptors (Lipinski definition) is 4. The summed E-state index contributed by atoms with van der Waals surface area (Å²) in [4.78, 5) is 37.7. The van der Waals surface area contributed by atoms with Gasteiger partial charge >= 0.3 is 5.97 Å². The normalized spacial score (nSPS) is 12.7. The van der Waals surface area contributed by atoms with Gasteiger partial charge in [0.25, 0.3) is 5.91 Å². The van der Waals surface area contributed by atoms with Gasteiger partial charge in [0.05, 0.1) is 0 Å². The number of carboxylic acids is 1. The van der Waals surface area contributed by atoms with E-state index in [4.69, 9.17) is 5.11 Å². The summed E-state index contributed by atoms with van der Waals surface area (Å²) in [5, 5.41) is 12.0. The smallest absolute Gasteiger partial charge is 0.303 e. The van der Waals surface area contributed by atoms with E-state index in [1.54, 1.807) is 12.1 Å². The Morgan fingerprint density at radius 1 is 0.879 bits per heavy atom. The minimum atomic E-state index is -0.953. The summed E-state index contributed by atoms with van der Waals surface area (Å²) in [6.45, 7) is 4.32. The summed E-state index contributed by atoms with van der Waals surface area (Å²) in [5.74, 6) is -0.987. The van der Waals surface area contributed by atoms with Gasteiger partial charge in [0.15, 0.2) is 0 Å². The second kappa shape index (κ2) is 14.2. The van der Waals surface area contributed by atoms with Crippen molar-refractivity contribution in [2.75, 3.05) is 4.90 Å². The number of amides is 1. The Morgan fingerprint density at radius 3 is 2.15 bits per heavy atom. The number of carboxylic acid groups (broad SMARTS) is 1. The first-order valence-corrected chi connectivity index (χ1v) is 12.0. The third kappa shape index (κ3) is 8.12. The molecule has 2 aromatic carbocycles. The molecule has 6 heteroatoms. The number of anilines is 1. The number of carbonyl (C=O) groups is 2. The molecule has 0 heterocycles.